The number of hydrogen-bond acceptors (Lipinski definition) is 4. The number of amides is 1. The second-order valence-corrected chi connectivity index (χ2v) is 7.92. The predicted octanol–water partition coefficient (Wildman–Crippen LogP) is 1.69. The van der Waals surface area contributed by atoms with Crippen LogP contribution in [-0.4, -0.2) is 37.7 Å². The molecule has 0 N–H and O–H groups in total. The first kappa shape index (κ1) is 15.0. The van der Waals surface area contributed by atoms with Gasteiger partial charge in [0.05, 0.1) is 27.3 Å². The Balaban J connectivity index is 2.30. The van der Waals surface area contributed by atoms with E-state index in [1.54, 1.807) is 26.0 Å². The van der Waals surface area contributed by atoms with Gasteiger partial charge in [0.25, 0.3) is 11.7 Å². The Bertz CT molecular complexity index is 682. The van der Waals surface area contributed by atoms with Gasteiger partial charge in [0.15, 0.2) is 9.84 Å². The van der Waals surface area contributed by atoms with Crippen molar-refractivity contribution in [3.05, 3.63) is 28.8 Å². The topological polar surface area (TPSA) is 71.5 Å². The van der Waals surface area contributed by atoms with E-state index < -0.39 is 26.8 Å². The van der Waals surface area contributed by atoms with Crippen molar-refractivity contribution < 1.29 is 18.0 Å². The van der Waals surface area contributed by atoms with E-state index in [0.717, 1.165) is 0 Å². The number of anilines is 1. The third kappa shape index (κ3) is 2.45. The normalized spacial score (nSPS) is 15.1. The van der Waals surface area contributed by atoms with Gasteiger partial charge in [0, 0.05) is 6.54 Å². The molecule has 0 fully saturated rings. The van der Waals surface area contributed by atoms with Crippen molar-refractivity contribution in [2.24, 2.45) is 0 Å². The maximum atomic E-state index is 11.9. The van der Waals surface area contributed by atoms with E-state index in [0.29, 0.717) is 5.69 Å². The minimum atomic E-state index is -3.28. The highest BCUT2D eigenvalue weighted by Gasteiger charge is 2.37. The molecule has 5 nitrogen and oxygen atoms in total. The van der Waals surface area contributed by atoms with E-state index in [9.17, 15) is 18.0 Å². The third-order valence-electron chi connectivity index (χ3n) is 3.27. The van der Waals surface area contributed by atoms with Crippen LogP contribution in [0.2, 0.25) is 5.02 Å². The van der Waals surface area contributed by atoms with Crippen LogP contribution in [0.25, 0.3) is 0 Å². The smallest absolute Gasteiger partial charge is 0.299 e. The molecule has 0 spiro atoms. The molecule has 0 saturated heterocycles. The van der Waals surface area contributed by atoms with Crippen LogP contribution in [0.5, 0.6) is 0 Å². The van der Waals surface area contributed by atoms with Crippen LogP contribution < -0.4 is 4.90 Å². The molecular weight excluding hydrogens is 302 g/mol. The number of ketones is 1. The van der Waals surface area contributed by atoms with E-state index >= 15 is 0 Å². The van der Waals surface area contributed by atoms with Gasteiger partial charge >= 0.3 is 0 Å². The molecule has 1 aromatic carbocycles. The maximum absolute atomic E-state index is 11.9. The highest BCUT2D eigenvalue weighted by atomic mass is 35.5. The maximum Gasteiger partial charge on any atom is 0.299 e. The first-order valence-electron chi connectivity index (χ1n) is 6.12. The predicted molar refractivity (Wildman–Crippen MR) is 77.1 cm³/mol. The van der Waals surface area contributed by atoms with Crippen LogP contribution in [0.3, 0.4) is 0 Å². The van der Waals surface area contributed by atoms with Crippen molar-refractivity contribution in [2.45, 2.75) is 19.1 Å². The Morgan fingerprint density at radius 2 is 1.90 bits per heavy atom. The van der Waals surface area contributed by atoms with E-state index in [1.165, 1.54) is 11.0 Å². The lowest BCUT2D eigenvalue weighted by molar-refractivity contribution is -0.114. The molecule has 108 valence electrons. The van der Waals surface area contributed by atoms with Gasteiger partial charge in [-0.3, -0.25) is 9.59 Å². The van der Waals surface area contributed by atoms with E-state index in [4.69, 9.17) is 11.6 Å². The number of rotatable bonds is 4. The minimum Gasteiger partial charge on any atom is -0.304 e. The van der Waals surface area contributed by atoms with Crippen LogP contribution in [0.15, 0.2) is 18.2 Å². The van der Waals surface area contributed by atoms with Crippen molar-refractivity contribution in [3.63, 3.8) is 0 Å². The lowest BCUT2D eigenvalue weighted by Crippen LogP contribution is -2.35. The molecule has 7 heteroatoms. The van der Waals surface area contributed by atoms with Crippen LogP contribution in [0.1, 0.15) is 24.2 Å². The van der Waals surface area contributed by atoms with Crippen molar-refractivity contribution in [1.82, 2.24) is 0 Å². The van der Waals surface area contributed by atoms with E-state index in [-0.39, 0.29) is 22.9 Å². The summed E-state index contributed by atoms with van der Waals surface area (Å²) in [6, 6.07) is 4.74. The average Bonchev–Trinajstić information content (AvgIpc) is 2.61. The number of nitrogens with zero attached hydrogens (tertiary/aromatic N) is 1. The number of fused-ring (bicyclic) bond motifs is 1. The zero-order valence-corrected chi connectivity index (χ0v) is 12.7. The highest BCUT2D eigenvalue weighted by molar-refractivity contribution is 7.92. The minimum absolute atomic E-state index is 0.0432. The molecule has 1 aliphatic rings. The molecule has 0 saturated carbocycles. The van der Waals surface area contributed by atoms with Gasteiger partial charge in [0.2, 0.25) is 0 Å². The molecule has 0 aliphatic carbocycles. The number of sulfone groups is 1. The number of Topliss-reactive ketones (excluding diaryl/α,β-unsaturated/α-hetero) is 1. The lowest BCUT2D eigenvalue weighted by atomic mass is 10.1. The lowest BCUT2D eigenvalue weighted by Gasteiger charge is -2.17. The van der Waals surface area contributed by atoms with E-state index in [1.807, 2.05) is 0 Å². The third-order valence-corrected chi connectivity index (χ3v) is 5.77. The number of benzene rings is 1. The zero-order chi connectivity index (χ0) is 15.1. The number of carbonyl (C=O) groups is 2. The van der Waals surface area contributed by atoms with Crippen molar-refractivity contribution >= 4 is 38.8 Å². The first-order chi connectivity index (χ1) is 9.25. The Hall–Kier alpha value is -1.40. The molecular formula is C13H14ClNO4S. The molecule has 0 radical (unpaired) electrons. The Labute approximate surface area is 122 Å². The first-order valence-corrected chi connectivity index (χ1v) is 8.21. The van der Waals surface area contributed by atoms with Crippen molar-refractivity contribution in [3.8, 4) is 0 Å². The van der Waals surface area contributed by atoms with E-state index in [2.05, 4.69) is 0 Å². The molecule has 0 bridgehead atoms. The summed E-state index contributed by atoms with van der Waals surface area (Å²) >= 11 is 5.92. The van der Waals surface area contributed by atoms with Gasteiger partial charge in [-0.15, -0.1) is 0 Å². The molecule has 1 amide bonds. The molecule has 20 heavy (non-hydrogen) atoms. The quantitative estimate of drug-likeness (QED) is 0.793. The van der Waals surface area contributed by atoms with Gasteiger partial charge in [-0.05, 0) is 26.0 Å². The molecule has 0 atom stereocenters. The average molecular weight is 316 g/mol. The fourth-order valence-corrected chi connectivity index (χ4v) is 3.14. The summed E-state index contributed by atoms with van der Waals surface area (Å²) in [6.45, 7) is 3.12. The van der Waals surface area contributed by atoms with Crippen molar-refractivity contribution in [2.75, 3.05) is 17.2 Å². The van der Waals surface area contributed by atoms with Gasteiger partial charge < -0.3 is 4.90 Å². The van der Waals surface area contributed by atoms with Gasteiger partial charge in [-0.2, -0.15) is 0 Å². The molecule has 0 unspecified atom stereocenters. The van der Waals surface area contributed by atoms with Crippen LogP contribution >= 0.6 is 11.6 Å². The summed E-state index contributed by atoms with van der Waals surface area (Å²) in [6.07, 6.45) is 0. The fourth-order valence-electron chi connectivity index (χ4n) is 1.98. The SMILES string of the molecule is CC(C)S(=O)(=O)CCN1C(=O)C(=O)c2c(Cl)cccc21. The summed E-state index contributed by atoms with van der Waals surface area (Å²) in [5, 5.41) is -0.315. The largest absolute Gasteiger partial charge is 0.304 e. The zero-order valence-electron chi connectivity index (χ0n) is 11.1. The summed E-state index contributed by atoms with van der Waals surface area (Å²) in [4.78, 5) is 25.0. The molecule has 1 heterocycles. The van der Waals surface area contributed by atoms with Crippen LogP contribution in [0, 0.1) is 0 Å². The number of hydrogen-bond donors (Lipinski definition) is 0. The Morgan fingerprint density at radius 3 is 2.50 bits per heavy atom. The summed E-state index contributed by atoms with van der Waals surface area (Å²) < 4.78 is 23.6. The molecule has 0 aromatic heterocycles. The van der Waals surface area contributed by atoms with Gasteiger partial charge in [0.1, 0.15) is 0 Å². The summed E-state index contributed by atoms with van der Waals surface area (Å²) in [5.41, 5.74) is 0.535. The van der Waals surface area contributed by atoms with Crippen LogP contribution in [-0.2, 0) is 14.6 Å². The fraction of sp³-hybridized carbons (Fsp3) is 0.385. The monoisotopic (exact) mass is 315 g/mol. The van der Waals surface area contributed by atoms with Crippen LogP contribution in [0.4, 0.5) is 5.69 Å². The molecule has 1 aromatic rings. The standard InChI is InChI=1S/C13H14ClNO4S/c1-8(2)20(18,19)7-6-15-10-5-3-4-9(14)11(10)12(16)13(15)17/h3-5,8H,6-7H2,1-2H3. The molecule has 2 rings (SSSR count). The second-order valence-electron chi connectivity index (χ2n) is 4.84. The highest BCUT2D eigenvalue weighted by Crippen LogP contribution is 2.33. The second kappa shape index (κ2) is 5.18. The van der Waals surface area contributed by atoms with Crippen molar-refractivity contribution in [1.29, 1.82) is 0 Å². The summed E-state index contributed by atoms with van der Waals surface area (Å²) in [5.74, 6) is -1.60. The summed E-state index contributed by atoms with van der Waals surface area (Å²) in [7, 11) is -3.28. The van der Waals surface area contributed by atoms with Gasteiger partial charge in [-0.25, -0.2) is 8.42 Å². The number of halogens is 1. The Morgan fingerprint density at radius 1 is 1.25 bits per heavy atom. The molecule has 1 aliphatic heterocycles. The van der Waals surface area contributed by atoms with Gasteiger partial charge in [-0.1, -0.05) is 17.7 Å². The number of carbonyl (C=O) groups excluding carboxylic acids is 2. The Kier molecular flexibility index (Phi) is 3.88.